The lowest BCUT2D eigenvalue weighted by Crippen LogP contribution is -2.41. The Hall–Kier alpha value is -2.90. The van der Waals surface area contributed by atoms with E-state index < -0.39 is 22.8 Å². The fourth-order valence-corrected chi connectivity index (χ4v) is 2.11. The van der Waals surface area contributed by atoms with Gasteiger partial charge in [-0.25, -0.2) is 4.79 Å². The van der Waals surface area contributed by atoms with Crippen LogP contribution in [0.1, 0.15) is 12.5 Å². The van der Waals surface area contributed by atoms with Crippen molar-refractivity contribution in [2.45, 2.75) is 19.4 Å². The fourth-order valence-electron chi connectivity index (χ4n) is 2.11. The number of hydrogen-bond acceptors (Lipinski definition) is 4. The molecule has 0 spiro atoms. The molecule has 1 aromatic heterocycles. The first-order valence-corrected chi connectivity index (χ1v) is 6.13. The van der Waals surface area contributed by atoms with E-state index in [0.717, 1.165) is 0 Å². The highest BCUT2D eigenvalue weighted by molar-refractivity contribution is 5.87. The van der Waals surface area contributed by atoms with E-state index >= 15 is 0 Å². The smallest absolute Gasteiger partial charge is 0.326 e. The van der Waals surface area contributed by atoms with Gasteiger partial charge in [0.05, 0.1) is 4.92 Å². The zero-order valence-electron chi connectivity index (χ0n) is 11.1. The molecule has 1 atom stereocenters. The van der Waals surface area contributed by atoms with Gasteiger partial charge in [0.25, 0.3) is 5.69 Å². The van der Waals surface area contributed by atoms with Crippen molar-refractivity contribution in [3.05, 3.63) is 40.1 Å². The largest absolute Gasteiger partial charge is 0.480 e. The molecule has 3 N–H and O–H groups in total. The van der Waals surface area contributed by atoms with Gasteiger partial charge in [-0.15, -0.1) is 0 Å². The molecular weight excluding hydrogens is 278 g/mol. The number of fused-ring (bicyclic) bond motifs is 1. The van der Waals surface area contributed by atoms with Crippen molar-refractivity contribution in [2.75, 3.05) is 0 Å². The molecule has 8 nitrogen and oxygen atoms in total. The van der Waals surface area contributed by atoms with Crippen molar-refractivity contribution in [1.29, 1.82) is 0 Å². The molecular formula is C13H13N3O5. The molecule has 0 unspecified atom stereocenters. The van der Waals surface area contributed by atoms with E-state index in [2.05, 4.69) is 10.3 Å². The van der Waals surface area contributed by atoms with Crippen molar-refractivity contribution < 1.29 is 19.6 Å². The summed E-state index contributed by atoms with van der Waals surface area (Å²) >= 11 is 0. The average molecular weight is 291 g/mol. The predicted octanol–water partition coefficient (Wildman–Crippen LogP) is 1.21. The van der Waals surface area contributed by atoms with Crippen LogP contribution in [0.15, 0.2) is 24.4 Å². The molecule has 0 aliphatic rings. The second-order valence-electron chi connectivity index (χ2n) is 4.60. The molecule has 2 aromatic rings. The van der Waals surface area contributed by atoms with Gasteiger partial charge in [0.1, 0.15) is 6.04 Å². The molecule has 8 heteroatoms. The summed E-state index contributed by atoms with van der Waals surface area (Å²) in [6.07, 6.45) is 1.63. The molecule has 0 saturated carbocycles. The quantitative estimate of drug-likeness (QED) is 0.564. The maximum absolute atomic E-state index is 11.1. The third-order valence-corrected chi connectivity index (χ3v) is 3.06. The van der Waals surface area contributed by atoms with Crippen LogP contribution < -0.4 is 5.32 Å². The maximum Gasteiger partial charge on any atom is 0.326 e. The normalized spacial score (nSPS) is 12.0. The van der Waals surface area contributed by atoms with Crippen LogP contribution in [0, 0.1) is 10.1 Å². The zero-order chi connectivity index (χ0) is 15.6. The van der Waals surface area contributed by atoms with E-state index in [-0.39, 0.29) is 12.1 Å². The number of amides is 1. The van der Waals surface area contributed by atoms with Gasteiger partial charge in [-0.05, 0) is 11.6 Å². The number of carboxylic acid groups (broad SMARTS) is 1. The van der Waals surface area contributed by atoms with Gasteiger partial charge in [0.15, 0.2) is 0 Å². The Labute approximate surface area is 118 Å². The number of carboxylic acids is 1. The standard InChI is InChI=1S/C13H13N3O5/c1-7(17)15-12(13(18)19)4-8-6-14-11-3-2-9(16(20)21)5-10(8)11/h2-3,5-6,12,14H,4H2,1H3,(H,15,17)(H,18,19)/t12-/m1/s1. The van der Waals surface area contributed by atoms with Crippen molar-refractivity contribution in [3.63, 3.8) is 0 Å². The molecule has 2 rings (SSSR count). The molecule has 0 radical (unpaired) electrons. The fraction of sp³-hybridized carbons (Fsp3) is 0.231. The van der Waals surface area contributed by atoms with Crippen LogP contribution in [0.5, 0.6) is 0 Å². The monoisotopic (exact) mass is 291 g/mol. The molecule has 21 heavy (non-hydrogen) atoms. The number of rotatable bonds is 5. The molecule has 0 aliphatic carbocycles. The number of benzene rings is 1. The lowest BCUT2D eigenvalue weighted by Gasteiger charge is -2.12. The number of aromatic amines is 1. The predicted molar refractivity (Wildman–Crippen MR) is 73.9 cm³/mol. The highest BCUT2D eigenvalue weighted by atomic mass is 16.6. The Morgan fingerprint density at radius 2 is 2.19 bits per heavy atom. The van der Waals surface area contributed by atoms with Gasteiger partial charge in [-0.3, -0.25) is 14.9 Å². The summed E-state index contributed by atoms with van der Waals surface area (Å²) in [4.78, 5) is 35.4. The zero-order valence-corrected chi connectivity index (χ0v) is 11.1. The number of hydrogen-bond donors (Lipinski definition) is 3. The second kappa shape index (κ2) is 5.61. The van der Waals surface area contributed by atoms with Crippen molar-refractivity contribution >= 4 is 28.5 Å². The molecule has 1 amide bonds. The summed E-state index contributed by atoms with van der Waals surface area (Å²) < 4.78 is 0. The number of aliphatic carboxylic acids is 1. The summed E-state index contributed by atoms with van der Waals surface area (Å²) in [5, 5.41) is 22.8. The SMILES string of the molecule is CC(=O)N[C@H](Cc1c[nH]c2ccc([N+](=O)[O-])cc12)C(=O)O. The molecule has 0 saturated heterocycles. The molecule has 1 aromatic carbocycles. The number of nitro benzene ring substituents is 1. The van der Waals surface area contributed by atoms with Gasteiger partial charge < -0.3 is 15.4 Å². The number of aromatic nitrogens is 1. The Kier molecular flexibility index (Phi) is 3.88. The minimum atomic E-state index is -1.16. The lowest BCUT2D eigenvalue weighted by atomic mass is 10.0. The third-order valence-electron chi connectivity index (χ3n) is 3.06. The van der Waals surface area contributed by atoms with Gasteiger partial charge in [0, 0.05) is 42.6 Å². The Balaban J connectivity index is 2.36. The summed E-state index contributed by atoms with van der Waals surface area (Å²) in [6.45, 7) is 1.23. The Bertz CT molecular complexity index is 722. The van der Waals surface area contributed by atoms with Crippen molar-refractivity contribution in [2.24, 2.45) is 0 Å². The van der Waals surface area contributed by atoms with E-state index in [9.17, 15) is 19.7 Å². The number of carbonyl (C=O) groups is 2. The number of nitrogens with zero attached hydrogens (tertiary/aromatic N) is 1. The summed E-state index contributed by atoms with van der Waals surface area (Å²) in [7, 11) is 0. The number of nitro groups is 1. The van der Waals surface area contributed by atoms with E-state index in [1.54, 1.807) is 12.3 Å². The number of H-pyrrole nitrogens is 1. The lowest BCUT2D eigenvalue weighted by molar-refractivity contribution is -0.384. The summed E-state index contributed by atoms with van der Waals surface area (Å²) in [5.74, 6) is -1.61. The van der Waals surface area contributed by atoms with Gasteiger partial charge in [0.2, 0.25) is 5.91 Å². The molecule has 1 heterocycles. The van der Waals surface area contributed by atoms with Crippen LogP contribution in [0.2, 0.25) is 0 Å². The van der Waals surface area contributed by atoms with Crippen molar-refractivity contribution in [1.82, 2.24) is 10.3 Å². The molecule has 0 bridgehead atoms. The number of carbonyl (C=O) groups excluding carboxylic acids is 1. The number of nitrogens with one attached hydrogen (secondary N) is 2. The molecule has 110 valence electrons. The van der Waals surface area contributed by atoms with E-state index in [1.165, 1.54) is 19.1 Å². The van der Waals surface area contributed by atoms with Gasteiger partial charge in [-0.1, -0.05) is 0 Å². The topological polar surface area (TPSA) is 125 Å². The van der Waals surface area contributed by atoms with Crippen LogP contribution in [0.3, 0.4) is 0 Å². The van der Waals surface area contributed by atoms with Crippen LogP contribution in [0.25, 0.3) is 10.9 Å². The van der Waals surface area contributed by atoms with E-state index in [0.29, 0.717) is 16.5 Å². The summed E-state index contributed by atoms with van der Waals surface area (Å²) in [5.41, 5.74) is 1.19. The van der Waals surface area contributed by atoms with Crippen LogP contribution in [-0.4, -0.2) is 32.9 Å². The molecule has 0 aliphatic heterocycles. The Morgan fingerprint density at radius 3 is 2.76 bits per heavy atom. The van der Waals surface area contributed by atoms with Crippen molar-refractivity contribution in [3.8, 4) is 0 Å². The average Bonchev–Trinajstić information content (AvgIpc) is 2.79. The summed E-state index contributed by atoms with van der Waals surface area (Å²) in [6, 6.07) is 3.23. The van der Waals surface area contributed by atoms with Crippen LogP contribution in [-0.2, 0) is 16.0 Å². The highest BCUT2D eigenvalue weighted by Gasteiger charge is 2.21. The maximum atomic E-state index is 11.1. The van der Waals surface area contributed by atoms with Crippen LogP contribution >= 0.6 is 0 Å². The molecule has 0 fully saturated rings. The minimum absolute atomic E-state index is 0.0378. The third kappa shape index (κ3) is 3.16. The minimum Gasteiger partial charge on any atom is -0.480 e. The second-order valence-corrected chi connectivity index (χ2v) is 4.60. The van der Waals surface area contributed by atoms with E-state index in [1.807, 2.05) is 0 Å². The number of non-ortho nitro benzene ring substituents is 1. The van der Waals surface area contributed by atoms with Gasteiger partial charge >= 0.3 is 5.97 Å². The highest BCUT2D eigenvalue weighted by Crippen LogP contribution is 2.24. The first-order chi connectivity index (χ1) is 9.88. The van der Waals surface area contributed by atoms with E-state index in [4.69, 9.17) is 5.11 Å². The van der Waals surface area contributed by atoms with Crippen LogP contribution in [0.4, 0.5) is 5.69 Å². The first-order valence-electron chi connectivity index (χ1n) is 6.13. The Morgan fingerprint density at radius 1 is 1.48 bits per heavy atom. The first kappa shape index (κ1) is 14.5. The van der Waals surface area contributed by atoms with Gasteiger partial charge in [-0.2, -0.15) is 0 Å².